The van der Waals surface area contributed by atoms with Crippen LogP contribution in [0.5, 0.6) is 34.5 Å². The second-order valence-corrected chi connectivity index (χ2v) is 20.1. The van der Waals surface area contributed by atoms with Crippen LogP contribution in [0, 0.1) is 13.8 Å². The summed E-state index contributed by atoms with van der Waals surface area (Å²) in [6.07, 6.45) is 0. The van der Waals surface area contributed by atoms with Crippen molar-refractivity contribution in [2.24, 2.45) is 0 Å². The van der Waals surface area contributed by atoms with E-state index in [1.807, 2.05) is 48.5 Å². The number of benzene rings is 7. The zero-order valence-corrected chi connectivity index (χ0v) is 38.3. The second-order valence-electron chi connectivity index (χ2n) is 18.1. The van der Waals surface area contributed by atoms with E-state index in [1.165, 1.54) is 0 Å². The van der Waals surface area contributed by atoms with Gasteiger partial charge in [-0.3, -0.25) is 0 Å². The average molecular weight is 859 g/mol. The summed E-state index contributed by atoms with van der Waals surface area (Å²) in [5, 5.41) is 0. The fraction of sp³-hybridized carbons (Fsp3) is 0.222. The third-order valence-electron chi connectivity index (χ3n) is 11.6. The maximum Gasteiger partial charge on any atom is 0.530 e. The largest absolute Gasteiger partial charge is 0.530 e. The molecule has 62 heavy (non-hydrogen) atoms. The molecule has 8 heteroatoms. The van der Waals surface area contributed by atoms with Gasteiger partial charge in [-0.2, -0.15) is 0 Å². The minimum absolute atomic E-state index is 0.144. The molecule has 314 valence electrons. The molecule has 7 aromatic carbocycles. The van der Waals surface area contributed by atoms with Crippen LogP contribution in [-0.2, 0) is 10.8 Å². The minimum Gasteiger partial charge on any atom is -0.408 e. The molecule has 2 aliphatic rings. The van der Waals surface area contributed by atoms with Crippen molar-refractivity contribution in [1.29, 1.82) is 0 Å². The highest BCUT2D eigenvalue weighted by molar-refractivity contribution is 7.43. The van der Waals surface area contributed by atoms with Crippen molar-refractivity contribution in [1.82, 2.24) is 0 Å². The Morgan fingerprint density at radius 2 is 0.694 bits per heavy atom. The second kappa shape index (κ2) is 16.8. The highest BCUT2D eigenvalue weighted by atomic mass is 31.2. The third-order valence-corrected chi connectivity index (χ3v) is 13.6. The first kappa shape index (κ1) is 41.5. The molecule has 9 rings (SSSR count). The third kappa shape index (κ3) is 8.27. The molecule has 0 saturated heterocycles. The predicted octanol–water partition coefficient (Wildman–Crippen LogP) is 15.4. The van der Waals surface area contributed by atoms with Crippen LogP contribution in [0.4, 0.5) is 0 Å². The van der Waals surface area contributed by atoms with Crippen LogP contribution in [0.25, 0.3) is 0 Å². The van der Waals surface area contributed by atoms with E-state index in [0.717, 1.165) is 90.1 Å². The summed E-state index contributed by atoms with van der Waals surface area (Å²) in [6.45, 7) is 17.3. The Hall–Kier alpha value is -5.80. The van der Waals surface area contributed by atoms with Crippen molar-refractivity contribution < 1.29 is 27.1 Å². The molecule has 0 bridgehead atoms. The van der Waals surface area contributed by atoms with Crippen molar-refractivity contribution >= 4 is 17.2 Å². The van der Waals surface area contributed by atoms with E-state index < -0.39 is 17.2 Å². The van der Waals surface area contributed by atoms with Crippen LogP contribution in [-0.4, -0.2) is 0 Å². The summed E-state index contributed by atoms with van der Waals surface area (Å²) in [6, 6.07) is 54.4. The zero-order chi connectivity index (χ0) is 43.2. The molecule has 0 spiro atoms. The van der Waals surface area contributed by atoms with Crippen molar-refractivity contribution in [3.63, 3.8) is 0 Å². The molecule has 0 aliphatic carbocycles. The summed E-state index contributed by atoms with van der Waals surface area (Å²) in [4.78, 5) is 0. The zero-order valence-electron chi connectivity index (χ0n) is 36.5. The quantitative estimate of drug-likeness (QED) is 0.155. The standard InChI is InChI=1S/C54H52O6P2/c1-35-20-17-28-43(53(3,4)5)51(35)59-61-55-45-30-13-9-24-39(45)49(40-25-10-14-31-46(40)56-61)37-22-19-23-38(34-37)50-41-26-11-15-32-47(41)57-62(58-48-33-16-12-27-42(48)50)60-52-36(2)21-18-29-44(52)54(6,7)8/h9-34,49-50H,1-8H3. The number of para-hydroxylation sites is 6. The molecule has 0 amide bonds. The highest BCUT2D eigenvalue weighted by Crippen LogP contribution is 2.55. The van der Waals surface area contributed by atoms with E-state index in [0.29, 0.717) is 0 Å². The van der Waals surface area contributed by atoms with Gasteiger partial charge in [-0.15, -0.1) is 0 Å². The molecule has 0 aromatic heterocycles. The Kier molecular flexibility index (Phi) is 11.3. The number of hydrogen-bond donors (Lipinski definition) is 0. The Morgan fingerprint density at radius 3 is 1.02 bits per heavy atom. The van der Waals surface area contributed by atoms with Gasteiger partial charge in [0.25, 0.3) is 0 Å². The van der Waals surface area contributed by atoms with Crippen LogP contribution >= 0.6 is 17.2 Å². The first-order valence-electron chi connectivity index (χ1n) is 21.2. The molecular weight excluding hydrogens is 807 g/mol. The van der Waals surface area contributed by atoms with Gasteiger partial charge in [-0.25, -0.2) is 0 Å². The van der Waals surface area contributed by atoms with Gasteiger partial charge in [0.1, 0.15) is 34.5 Å². The van der Waals surface area contributed by atoms with Crippen molar-refractivity contribution in [2.45, 2.75) is 78.1 Å². The smallest absolute Gasteiger partial charge is 0.408 e. The van der Waals surface area contributed by atoms with E-state index in [2.05, 4.69) is 165 Å². The summed E-state index contributed by atoms with van der Waals surface area (Å²) < 4.78 is 40.8. The molecule has 0 radical (unpaired) electrons. The van der Waals surface area contributed by atoms with Crippen LogP contribution in [0.3, 0.4) is 0 Å². The van der Waals surface area contributed by atoms with Gasteiger partial charge in [0.2, 0.25) is 0 Å². The highest BCUT2D eigenvalue weighted by Gasteiger charge is 2.36. The van der Waals surface area contributed by atoms with Crippen molar-refractivity contribution in [2.75, 3.05) is 0 Å². The van der Waals surface area contributed by atoms with E-state index >= 15 is 0 Å². The van der Waals surface area contributed by atoms with Crippen LogP contribution in [0.2, 0.25) is 0 Å². The molecule has 0 unspecified atom stereocenters. The molecule has 0 fully saturated rings. The Labute approximate surface area is 368 Å². The molecule has 6 nitrogen and oxygen atoms in total. The minimum atomic E-state index is -1.88. The van der Waals surface area contributed by atoms with Crippen molar-refractivity contribution in [3.8, 4) is 34.5 Å². The number of fused-ring (bicyclic) bond motifs is 4. The molecule has 0 atom stereocenters. The van der Waals surface area contributed by atoms with E-state index in [4.69, 9.17) is 27.1 Å². The number of rotatable bonds is 6. The summed E-state index contributed by atoms with van der Waals surface area (Å²) in [5.41, 5.74) is 10.3. The van der Waals surface area contributed by atoms with E-state index in [-0.39, 0.29) is 22.7 Å². The predicted molar refractivity (Wildman–Crippen MR) is 251 cm³/mol. The topological polar surface area (TPSA) is 55.4 Å². The lowest BCUT2D eigenvalue weighted by molar-refractivity contribution is 0.372. The first-order valence-corrected chi connectivity index (χ1v) is 23.4. The molecule has 0 N–H and O–H groups in total. The summed E-state index contributed by atoms with van der Waals surface area (Å²) >= 11 is 0. The van der Waals surface area contributed by atoms with Crippen LogP contribution in [0.15, 0.2) is 158 Å². The number of hydrogen-bond acceptors (Lipinski definition) is 6. The first-order chi connectivity index (χ1) is 29.8. The van der Waals surface area contributed by atoms with Crippen molar-refractivity contribution in [3.05, 3.63) is 213 Å². The molecule has 0 saturated carbocycles. The van der Waals surface area contributed by atoms with Crippen LogP contribution < -0.4 is 27.1 Å². The molecule has 7 aromatic rings. The fourth-order valence-corrected chi connectivity index (χ4v) is 10.8. The van der Waals surface area contributed by atoms with Crippen LogP contribution in [0.1, 0.15) is 109 Å². The van der Waals surface area contributed by atoms with Gasteiger partial charge < -0.3 is 27.1 Å². The lowest BCUT2D eigenvalue weighted by Crippen LogP contribution is -2.17. The normalized spacial score (nSPS) is 18.2. The summed E-state index contributed by atoms with van der Waals surface area (Å²) in [5.74, 6) is 4.02. The average Bonchev–Trinajstić information content (AvgIpc) is 3.23. The van der Waals surface area contributed by atoms with E-state index in [1.54, 1.807) is 0 Å². The maximum atomic E-state index is 6.81. The molecular formula is C54H52O6P2. The van der Waals surface area contributed by atoms with Gasteiger partial charge in [0.05, 0.1) is 0 Å². The molecule has 2 aliphatic heterocycles. The maximum absolute atomic E-state index is 6.81. The van der Waals surface area contributed by atoms with Gasteiger partial charge in [-0.05, 0) is 71.2 Å². The van der Waals surface area contributed by atoms with Gasteiger partial charge >= 0.3 is 17.2 Å². The lowest BCUT2D eigenvalue weighted by atomic mass is 9.79. The fourth-order valence-electron chi connectivity index (χ4n) is 8.49. The summed E-state index contributed by atoms with van der Waals surface area (Å²) in [7, 11) is -3.76. The Morgan fingerprint density at radius 1 is 0.387 bits per heavy atom. The van der Waals surface area contributed by atoms with E-state index in [9.17, 15) is 0 Å². The Bertz CT molecular complexity index is 2470. The number of aryl methyl sites for hydroxylation is 2. The Balaban J connectivity index is 1.12. The molecule has 2 heterocycles. The van der Waals surface area contributed by atoms with Gasteiger partial charge in [0, 0.05) is 45.2 Å². The lowest BCUT2D eigenvalue weighted by Gasteiger charge is -2.32. The SMILES string of the molecule is Cc1cccc(C(C)(C)C)c1OP1Oc2ccccc2C(c2cccc(C3c4ccccc4OP(Oc4c(C)cccc4C(C)(C)C)Oc4ccccc43)c2)c2ccccc2O1. The van der Waals surface area contributed by atoms with Gasteiger partial charge in [-0.1, -0.05) is 175 Å². The monoisotopic (exact) mass is 858 g/mol. The van der Waals surface area contributed by atoms with Gasteiger partial charge in [0.15, 0.2) is 0 Å².